The van der Waals surface area contributed by atoms with E-state index < -0.39 is 0 Å². The van der Waals surface area contributed by atoms with Crippen molar-refractivity contribution in [1.82, 2.24) is 10.6 Å². The molecule has 0 aliphatic heterocycles. The quantitative estimate of drug-likeness (QED) is 0.202. The first-order chi connectivity index (χ1) is 9.86. The number of nitrogens with one attached hydrogen (secondary N) is 2. The Morgan fingerprint density at radius 2 is 2.05 bits per heavy atom. The smallest absolute Gasteiger partial charge is 0.190 e. The second kappa shape index (κ2) is 14.6. The molecule has 0 radical (unpaired) electrons. The van der Waals surface area contributed by atoms with E-state index in [9.17, 15) is 0 Å². The normalized spacial score (nSPS) is 15.1. The van der Waals surface area contributed by atoms with Crippen molar-refractivity contribution in [3.63, 3.8) is 0 Å². The molecule has 0 aromatic heterocycles. The molecule has 0 saturated heterocycles. The van der Waals surface area contributed by atoms with Crippen molar-refractivity contribution < 1.29 is 4.74 Å². The van der Waals surface area contributed by atoms with Gasteiger partial charge >= 0.3 is 0 Å². The lowest BCUT2D eigenvalue weighted by Gasteiger charge is -2.15. The van der Waals surface area contributed by atoms with E-state index in [1.165, 1.54) is 25.7 Å². The monoisotopic (exact) mass is 409 g/mol. The number of hydrogen-bond acceptors (Lipinski definition) is 2. The number of ether oxygens (including phenoxy) is 1. The molecular weight excluding hydrogens is 377 g/mol. The Morgan fingerprint density at radius 1 is 1.24 bits per heavy atom. The van der Waals surface area contributed by atoms with Crippen LogP contribution in [0.25, 0.3) is 0 Å². The zero-order chi connectivity index (χ0) is 14.5. The molecule has 0 aromatic carbocycles. The summed E-state index contributed by atoms with van der Waals surface area (Å²) in [5, 5.41) is 6.73. The summed E-state index contributed by atoms with van der Waals surface area (Å²) in [6, 6.07) is 0. The number of nitrogens with zero attached hydrogens (tertiary/aromatic N) is 1. The number of hydrogen-bond donors (Lipinski definition) is 2. The SMILES string of the molecule is CCOCCCCNC(=NC)NCCC1=CCCCC1.I. The molecule has 0 spiro atoms. The summed E-state index contributed by atoms with van der Waals surface area (Å²) in [6.45, 7) is 5.64. The topological polar surface area (TPSA) is 45.6 Å². The first-order valence-corrected chi connectivity index (χ1v) is 8.07. The number of aliphatic imine (C=N–C) groups is 1. The van der Waals surface area contributed by atoms with Crippen LogP contribution >= 0.6 is 24.0 Å². The molecule has 0 atom stereocenters. The van der Waals surface area contributed by atoms with Gasteiger partial charge in [-0.05, 0) is 51.9 Å². The highest BCUT2D eigenvalue weighted by Crippen LogP contribution is 2.19. The molecule has 4 nitrogen and oxygen atoms in total. The number of halogens is 1. The standard InChI is InChI=1S/C16H31N3O.HI/c1-3-20-14-8-7-12-18-16(17-2)19-13-11-15-9-5-4-6-10-15;/h9H,3-8,10-14H2,1-2H3,(H2,17,18,19);1H. The van der Waals surface area contributed by atoms with Crippen molar-refractivity contribution in [1.29, 1.82) is 0 Å². The van der Waals surface area contributed by atoms with Gasteiger partial charge in [-0.3, -0.25) is 4.99 Å². The predicted molar refractivity (Wildman–Crippen MR) is 102 cm³/mol. The number of guanidine groups is 1. The van der Waals surface area contributed by atoms with Gasteiger partial charge in [0.2, 0.25) is 0 Å². The van der Waals surface area contributed by atoms with Gasteiger partial charge in [-0.2, -0.15) is 0 Å². The molecule has 0 bridgehead atoms. The van der Waals surface area contributed by atoms with Crippen LogP contribution in [0, 0.1) is 0 Å². The molecule has 1 aliphatic rings. The minimum Gasteiger partial charge on any atom is -0.382 e. The highest BCUT2D eigenvalue weighted by molar-refractivity contribution is 14.0. The van der Waals surface area contributed by atoms with Crippen LogP contribution in [0.15, 0.2) is 16.6 Å². The van der Waals surface area contributed by atoms with Crippen LogP contribution < -0.4 is 10.6 Å². The fraction of sp³-hybridized carbons (Fsp3) is 0.812. The molecule has 0 amide bonds. The third kappa shape index (κ3) is 11.0. The molecular formula is C16H32IN3O. The van der Waals surface area contributed by atoms with E-state index in [2.05, 4.69) is 21.7 Å². The molecule has 1 rings (SSSR count). The minimum atomic E-state index is 0. The summed E-state index contributed by atoms with van der Waals surface area (Å²) < 4.78 is 5.32. The zero-order valence-corrected chi connectivity index (χ0v) is 15.9. The Hall–Kier alpha value is -0.300. The van der Waals surface area contributed by atoms with E-state index in [1.54, 1.807) is 5.57 Å². The number of unbranched alkanes of at least 4 members (excludes halogenated alkanes) is 1. The predicted octanol–water partition coefficient (Wildman–Crippen LogP) is 3.48. The van der Waals surface area contributed by atoms with Crippen LogP contribution in [-0.4, -0.2) is 39.3 Å². The number of rotatable bonds is 9. The lowest BCUT2D eigenvalue weighted by molar-refractivity contribution is 0.143. The summed E-state index contributed by atoms with van der Waals surface area (Å²) in [7, 11) is 1.83. The molecule has 21 heavy (non-hydrogen) atoms. The highest BCUT2D eigenvalue weighted by atomic mass is 127. The molecule has 1 aliphatic carbocycles. The van der Waals surface area contributed by atoms with E-state index in [-0.39, 0.29) is 24.0 Å². The van der Waals surface area contributed by atoms with Crippen LogP contribution in [0.5, 0.6) is 0 Å². The third-order valence-corrected chi connectivity index (χ3v) is 3.56. The van der Waals surface area contributed by atoms with Crippen molar-refractivity contribution >= 4 is 29.9 Å². The second-order valence-corrected chi connectivity index (χ2v) is 5.19. The van der Waals surface area contributed by atoms with E-state index in [1.807, 2.05) is 14.0 Å². The number of allylic oxidation sites excluding steroid dienone is 1. The molecule has 5 heteroatoms. The Labute approximate surface area is 147 Å². The van der Waals surface area contributed by atoms with Gasteiger partial charge in [-0.25, -0.2) is 0 Å². The van der Waals surface area contributed by atoms with Crippen molar-refractivity contribution in [2.45, 2.75) is 51.9 Å². The summed E-state index contributed by atoms with van der Waals surface area (Å²) >= 11 is 0. The van der Waals surface area contributed by atoms with E-state index >= 15 is 0 Å². The van der Waals surface area contributed by atoms with Gasteiger partial charge in [0.25, 0.3) is 0 Å². The van der Waals surface area contributed by atoms with E-state index in [0.717, 1.165) is 51.5 Å². The van der Waals surface area contributed by atoms with Gasteiger partial charge in [-0.1, -0.05) is 11.6 Å². The van der Waals surface area contributed by atoms with E-state index in [4.69, 9.17) is 4.74 Å². The first-order valence-electron chi connectivity index (χ1n) is 8.07. The summed E-state index contributed by atoms with van der Waals surface area (Å²) in [4.78, 5) is 4.25. The molecule has 0 heterocycles. The van der Waals surface area contributed by atoms with Gasteiger partial charge in [0.05, 0.1) is 0 Å². The van der Waals surface area contributed by atoms with Gasteiger partial charge < -0.3 is 15.4 Å². The fourth-order valence-corrected chi connectivity index (χ4v) is 2.37. The van der Waals surface area contributed by atoms with Crippen LogP contribution in [0.3, 0.4) is 0 Å². The first kappa shape index (κ1) is 20.7. The van der Waals surface area contributed by atoms with Gasteiger partial charge in [0, 0.05) is 33.4 Å². The molecule has 0 aromatic rings. The fourth-order valence-electron chi connectivity index (χ4n) is 2.37. The molecule has 0 fully saturated rings. The van der Waals surface area contributed by atoms with Crippen molar-refractivity contribution in [2.75, 3.05) is 33.4 Å². The minimum absolute atomic E-state index is 0. The average Bonchev–Trinajstić information content (AvgIpc) is 2.50. The van der Waals surface area contributed by atoms with Gasteiger partial charge in [0.1, 0.15) is 0 Å². The Balaban J connectivity index is 0.00000400. The summed E-state index contributed by atoms with van der Waals surface area (Å²) in [6.07, 6.45) is 11.0. The maximum absolute atomic E-state index is 5.32. The lowest BCUT2D eigenvalue weighted by atomic mass is 9.97. The molecule has 0 saturated carbocycles. The zero-order valence-electron chi connectivity index (χ0n) is 13.6. The Bertz CT molecular complexity index is 306. The van der Waals surface area contributed by atoms with Gasteiger partial charge in [0.15, 0.2) is 5.96 Å². The summed E-state index contributed by atoms with van der Waals surface area (Å²) in [5.41, 5.74) is 1.61. The van der Waals surface area contributed by atoms with Crippen LogP contribution in [0.2, 0.25) is 0 Å². The van der Waals surface area contributed by atoms with Gasteiger partial charge in [-0.15, -0.1) is 24.0 Å². The molecule has 2 N–H and O–H groups in total. The summed E-state index contributed by atoms with van der Waals surface area (Å²) in [5.74, 6) is 0.915. The second-order valence-electron chi connectivity index (χ2n) is 5.19. The van der Waals surface area contributed by atoms with Crippen LogP contribution in [-0.2, 0) is 4.74 Å². The largest absolute Gasteiger partial charge is 0.382 e. The van der Waals surface area contributed by atoms with Crippen molar-refractivity contribution in [3.05, 3.63) is 11.6 Å². The van der Waals surface area contributed by atoms with E-state index in [0.29, 0.717) is 0 Å². The highest BCUT2D eigenvalue weighted by Gasteiger charge is 2.03. The average molecular weight is 409 g/mol. The van der Waals surface area contributed by atoms with Crippen LogP contribution in [0.1, 0.15) is 51.9 Å². The molecule has 124 valence electrons. The Kier molecular flexibility index (Phi) is 14.4. The maximum atomic E-state index is 5.32. The molecule has 0 unspecified atom stereocenters. The Morgan fingerprint density at radius 3 is 2.71 bits per heavy atom. The lowest BCUT2D eigenvalue weighted by Crippen LogP contribution is -2.38. The van der Waals surface area contributed by atoms with Crippen LogP contribution in [0.4, 0.5) is 0 Å². The van der Waals surface area contributed by atoms with Crippen molar-refractivity contribution in [2.24, 2.45) is 4.99 Å². The third-order valence-electron chi connectivity index (χ3n) is 3.56. The van der Waals surface area contributed by atoms with Crippen molar-refractivity contribution in [3.8, 4) is 0 Å². The maximum Gasteiger partial charge on any atom is 0.190 e.